The molecule has 1 N–H and O–H groups in total. The molecule has 0 aliphatic carbocycles. The van der Waals surface area contributed by atoms with Crippen LogP contribution in [0.5, 0.6) is 5.75 Å². The van der Waals surface area contributed by atoms with E-state index in [0.29, 0.717) is 11.3 Å². The van der Waals surface area contributed by atoms with E-state index in [2.05, 4.69) is 0 Å². The number of nitrogens with zero attached hydrogens (tertiary/aromatic N) is 1. The molecule has 1 amide bonds. The smallest absolute Gasteiger partial charge is 0.300 e. The van der Waals surface area contributed by atoms with Crippen LogP contribution < -0.4 is 9.64 Å². The molecule has 0 saturated carbocycles. The highest BCUT2D eigenvalue weighted by Gasteiger charge is 2.47. The molecular formula is C25H19F2NO4. The Kier molecular flexibility index (Phi) is 5.48. The SMILES string of the molecule is COc1ccc(C)cc1/C(O)=C1\C(=O)C(=O)N(c2ccc(F)c(F)c2)C1c1ccccc1. The Hall–Kier alpha value is -4.00. The molecule has 0 aromatic heterocycles. The fourth-order valence-electron chi connectivity index (χ4n) is 3.84. The van der Waals surface area contributed by atoms with Crippen LogP contribution in [0.15, 0.2) is 72.3 Å². The van der Waals surface area contributed by atoms with Crippen molar-refractivity contribution in [2.45, 2.75) is 13.0 Å². The summed E-state index contributed by atoms with van der Waals surface area (Å²) in [6.45, 7) is 1.81. The van der Waals surface area contributed by atoms with E-state index in [-0.39, 0.29) is 16.8 Å². The summed E-state index contributed by atoms with van der Waals surface area (Å²) in [5, 5.41) is 11.2. The molecule has 162 valence electrons. The Bertz CT molecular complexity index is 1250. The number of carbonyl (C=O) groups is 2. The van der Waals surface area contributed by atoms with Crippen LogP contribution in [0.1, 0.15) is 22.7 Å². The topological polar surface area (TPSA) is 66.8 Å². The zero-order valence-electron chi connectivity index (χ0n) is 17.3. The van der Waals surface area contributed by atoms with Gasteiger partial charge in [-0.15, -0.1) is 0 Å². The molecule has 0 bridgehead atoms. The summed E-state index contributed by atoms with van der Waals surface area (Å²) in [5.41, 5.74) is 1.39. The number of Topliss-reactive ketones (excluding diaryl/α,β-unsaturated/α-hetero) is 1. The van der Waals surface area contributed by atoms with Crippen molar-refractivity contribution in [2.75, 3.05) is 12.0 Å². The maximum absolute atomic E-state index is 14.0. The fraction of sp³-hybridized carbons (Fsp3) is 0.120. The summed E-state index contributed by atoms with van der Waals surface area (Å²) in [5.74, 6) is -4.23. The maximum Gasteiger partial charge on any atom is 0.300 e. The Morgan fingerprint density at radius 2 is 1.69 bits per heavy atom. The first kappa shape index (κ1) is 21.2. The molecule has 4 rings (SSSR count). The van der Waals surface area contributed by atoms with Gasteiger partial charge in [0.15, 0.2) is 11.6 Å². The minimum absolute atomic E-state index is 0.00453. The van der Waals surface area contributed by atoms with E-state index in [1.807, 2.05) is 6.92 Å². The molecule has 32 heavy (non-hydrogen) atoms. The van der Waals surface area contributed by atoms with Gasteiger partial charge in [0.1, 0.15) is 11.5 Å². The molecule has 3 aromatic rings. The number of ether oxygens (including phenoxy) is 1. The van der Waals surface area contributed by atoms with Gasteiger partial charge in [0, 0.05) is 11.8 Å². The van der Waals surface area contributed by atoms with Gasteiger partial charge < -0.3 is 9.84 Å². The number of benzene rings is 3. The number of aryl methyl sites for hydroxylation is 1. The second-order valence-electron chi connectivity index (χ2n) is 7.38. The minimum atomic E-state index is -1.16. The largest absolute Gasteiger partial charge is 0.507 e. The van der Waals surface area contributed by atoms with Gasteiger partial charge in [-0.3, -0.25) is 14.5 Å². The number of rotatable bonds is 4. The lowest BCUT2D eigenvalue weighted by molar-refractivity contribution is -0.132. The molecule has 1 aliphatic heterocycles. The summed E-state index contributed by atoms with van der Waals surface area (Å²) in [6, 6.07) is 15.5. The molecule has 1 atom stereocenters. The summed E-state index contributed by atoms with van der Waals surface area (Å²) in [7, 11) is 1.43. The summed E-state index contributed by atoms with van der Waals surface area (Å²) >= 11 is 0. The third-order valence-corrected chi connectivity index (χ3v) is 5.35. The molecule has 0 spiro atoms. The van der Waals surface area contributed by atoms with E-state index >= 15 is 0 Å². The Labute approximate surface area is 183 Å². The quantitative estimate of drug-likeness (QED) is 0.359. The van der Waals surface area contributed by atoms with E-state index < -0.39 is 35.1 Å². The van der Waals surface area contributed by atoms with Crippen LogP contribution >= 0.6 is 0 Å². The minimum Gasteiger partial charge on any atom is -0.507 e. The number of methoxy groups -OCH3 is 1. The summed E-state index contributed by atoms with van der Waals surface area (Å²) in [6.07, 6.45) is 0. The predicted octanol–water partition coefficient (Wildman–Crippen LogP) is 4.91. The van der Waals surface area contributed by atoms with Gasteiger partial charge in [-0.2, -0.15) is 0 Å². The van der Waals surface area contributed by atoms with Crippen LogP contribution in [0.25, 0.3) is 5.76 Å². The molecular weight excluding hydrogens is 416 g/mol. The van der Waals surface area contributed by atoms with Crippen molar-refractivity contribution in [1.29, 1.82) is 0 Å². The Morgan fingerprint density at radius 3 is 2.34 bits per heavy atom. The van der Waals surface area contributed by atoms with Crippen molar-refractivity contribution in [3.8, 4) is 5.75 Å². The maximum atomic E-state index is 14.0. The fourth-order valence-corrected chi connectivity index (χ4v) is 3.84. The van der Waals surface area contributed by atoms with Crippen molar-refractivity contribution < 1.29 is 28.2 Å². The monoisotopic (exact) mass is 435 g/mol. The van der Waals surface area contributed by atoms with Crippen molar-refractivity contribution in [2.24, 2.45) is 0 Å². The van der Waals surface area contributed by atoms with Crippen molar-refractivity contribution in [3.63, 3.8) is 0 Å². The van der Waals surface area contributed by atoms with E-state index in [1.54, 1.807) is 48.5 Å². The molecule has 1 heterocycles. The van der Waals surface area contributed by atoms with Crippen molar-refractivity contribution in [3.05, 3.63) is 101 Å². The number of halogens is 2. The normalized spacial score (nSPS) is 17.6. The third-order valence-electron chi connectivity index (χ3n) is 5.35. The Balaban J connectivity index is 1.98. The first-order chi connectivity index (χ1) is 15.3. The first-order valence-electron chi connectivity index (χ1n) is 9.79. The molecule has 1 unspecified atom stereocenters. The standard InChI is InChI=1S/C25H19F2NO4/c1-14-8-11-20(32-2)17(12-14)23(29)21-22(15-6-4-3-5-7-15)28(25(31)24(21)30)16-9-10-18(26)19(27)13-16/h3-13,22,29H,1-2H3/b23-21+. The zero-order chi connectivity index (χ0) is 23.0. The Morgan fingerprint density at radius 1 is 0.969 bits per heavy atom. The highest BCUT2D eigenvalue weighted by Crippen LogP contribution is 2.43. The summed E-state index contributed by atoms with van der Waals surface area (Å²) in [4.78, 5) is 27.2. The van der Waals surface area contributed by atoms with Crippen LogP contribution in [-0.2, 0) is 9.59 Å². The van der Waals surface area contributed by atoms with E-state index in [0.717, 1.165) is 22.6 Å². The van der Waals surface area contributed by atoms with Gasteiger partial charge in [-0.1, -0.05) is 42.0 Å². The van der Waals surface area contributed by atoms with Gasteiger partial charge in [0.2, 0.25) is 0 Å². The highest BCUT2D eigenvalue weighted by molar-refractivity contribution is 6.51. The van der Waals surface area contributed by atoms with Crippen LogP contribution in [0.3, 0.4) is 0 Å². The molecule has 1 fully saturated rings. The van der Waals surface area contributed by atoms with Gasteiger partial charge in [0.25, 0.3) is 11.7 Å². The number of carbonyl (C=O) groups excluding carboxylic acids is 2. The predicted molar refractivity (Wildman–Crippen MR) is 115 cm³/mol. The van der Waals surface area contributed by atoms with Gasteiger partial charge in [0.05, 0.1) is 24.3 Å². The highest BCUT2D eigenvalue weighted by atomic mass is 19.2. The van der Waals surface area contributed by atoms with Gasteiger partial charge in [-0.25, -0.2) is 8.78 Å². The number of aliphatic hydroxyl groups is 1. The molecule has 3 aromatic carbocycles. The zero-order valence-corrected chi connectivity index (χ0v) is 17.3. The lowest BCUT2D eigenvalue weighted by Gasteiger charge is -2.25. The number of ketones is 1. The lowest BCUT2D eigenvalue weighted by Crippen LogP contribution is -2.29. The molecule has 0 radical (unpaired) electrons. The van der Waals surface area contributed by atoms with Crippen molar-refractivity contribution in [1.82, 2.24) is 0 Å². The molecule has 5 nitrogen and oxygen atoms in total. The van der Waals surface area contributed by atoms with Gasteiger partial charge in [-0.05, 0) is 36.8 Å². The first-order valence-corrected chi connectivity index (χ1v) is 9.79. The van der Waals surface area contributed by atoms with Crippen LogP contribution in [0.2, 0.25) is 0 Å². The summed E-state index contributed by atoms with van der Waals surface area (Å²) < 4.78 is 32.8. The van der Waals surface area contributed by atoms with Crippen LogP contribution in [0, 0.1) is 18.6 Å². The van der Waals surface area contributed by atoms with E-state index in [9.17, 15) is 23.5 Å². The second-order valence-corrected chi connectivity index (χ2v) is 7.38. The third kappa shape index (κ3) is 3.51. The van der Waals surface area contributed by atoms with Crippen LogP contribution in [0.4, 0.5) is 14.5 Å². The molecule has 1 aliphatic rings. The number of anilines is 1. The molecule has 1 saturated heterocycles. The average Bonchev–Trinajstić information content (AvgIpc) is 3.06. The van der Waals surface area contributed by atoms with Crippen LogP contribution in [-0.4, -0.2) is 23.9 Å². The average molecular weight is 435 g/mol. The number of hydrogen-bond acceptors (Lipinski definition) is 4. The number of amides is 1. The van der Waals surface area contributed by atoms with E-state index in [4.69, 9.17) is 4.74 Å². The molecule has 7 heteroatoms. The number of aliphatic hydroxyl groups excluding tert-OH is 1. The van der Waals surface area contributed by atoms with E-state index in [1.165, 1.54) is 13.2 Å². The number of hydrogen-bond donors (Lipinski definition) is 1. The second kappa shape index (κ2) is 8.26. The van der Waals surface area contributed by atoms with Gasteiger partial charge >= 0.3 is 0 Å². The lowest BCUT2D eigenvalue weighted by atomic mass is 9.94. The van der Waals surface area contributed by atoms with Crippen molar-refractivity contribution >= 4 is 23.1 Å².